The molecule has 1 atom stereocenters. The molecular formula is C21H29F2N3O3S. The molecule has 0 aromatic heterocycles. The quantitative estimate of drug-likeness (QED) is 0.704. The summed E-state index contributed by atoms with van der Waals surface area (Å²) in [6, 6.07) is 2.69. The molecule has 1 aromatic carbocycles. The van der Waals surface area contributed by atoms with Crippen LogP contribution in [0.4, 0.5) is 8.78 Å². The van der Waals surface area contributed by atoms with Gasteiger partial charge < -0.3 is 9.80 Å². The Morgan fingerprint density at radius 1 is 0.967 bits per heavy atom. The Bertz CT molecular complexity index is 881. The summed E-state index contributed by atoms with van der Waals surface area (Å²) in [7, 11) is -4.12. The van der Waals surface area contributed by atoms with Gasteiger partial charge in [0.1, 0.15) is 16.5 Å². The molecule has 1 amide bonds. The number of benzene rings is 1. The molecule has 0 radical (unpaired) electrons. The predicted molar refractivity (Wildman–Crippen MR) is 108 cm³/mol. The van der Waals surface area contributed by atoms with Crippen LogP contribution in [0.2, 0.25) is 0 Å². The maximum atomic E-state index is 14.0. The third kappa shape index (κ3) is 4.38. The number of nitrogens with zero attached hydrogens (tertiary/aromatic N) is 3. The van der Waals surface area contributed by atoms with Gasteiger partial charge in [-0.05, 0) is 69.8 Å². The van der Waals surface area contributed by atoms with Crippen molar-refractivity contribution >= 4 is 15.9 Å². The fraction of sp³-hybridized carbons (Fsp3) is 0.667. The highest BCUT2D eigenvalue weighted by Gasteiger charge is 2.38. The fourth-order valence-corrected chi connectivity index (χ4v) is 6.52. The Morgan fingerprint density at radius 2 is 1.67 bits per heavy atom. The molecule has 30 heavy (non-hydrogen) atoms. The van der Waals surface area contributed by atoms with Gasteiger partial charge in [0.15, 0.2) is 0 Å². The maximum absolute atomic E-state index is 14.0. The third-order valence-electron chi connectivity index (χ3n) is 6.64. The topological polar surface area (TPSA) is 60.9 Å². The third-order valence-corrected chi connectivity index (χ3v) is 8.56. The van der Waals surface area contributed by atoms with Crippen molar-refractivity contribution in [1.82, 2.24) is 14.1 Å². The van der Waals surface area contributed by atoms with Crippen LogP contribution in [0.3, 0.4) is 0 Å². The monoisotopic (exact) mass is 441 g/mol. The first-order valence-electron chi connectivity index (χ1n) is 10.8. The van der Waals surface area contributed by atoms with E-state index in [9.17, 15) is 22.0 Å². The molecule has 6 nitrogen and oxygen atoms in total. The van der Waals surface area contributed by atoms with Gasteiger partial charge in [0.2, 0.25) is 15.9 Å². The van der Waals surface area contributed by atoms with Gasteiger partial charge in [0.05, 0.1) is 0 Å². The second-order valence-corrected chi connectivity index (χ2v) is 10.5. The zero-order valence-electron chi connectivity index (χ0n) is 17.1. The number of halogens is 2. The highest BCUT2D eigenvalue weighted by atomic mass is 32.2. The first-order valence-corrected chi connectivity index (χ1v) is 12.3. The Balaban J connectivity index is 1.38. The number of likely N-dealkylation sites (tertiary alicyclic amines) is 2. The normalized spacial score (nSPS) is 24.6. The lowest BCUT2D eigenvalue weighted by atomic mass is 9.96. The number of piperidine rings is 1. The minimum atomic E-state index is -4.12. The molecule has 1 unspecified atom stereocenters. The van der Waals surface area contributed by atoms with Crippen LogP contribution in [0.25, 0.3) is 0 Å². The van der Waals surface area contributed by atoms with Crippen molar-refractivity contribution in [3.8, 4) is 0 Å². The molecule has 4 rings (SSSR count). The molecule has 3 heterocycles. The average Bonchev–Trinajstić information content (AvgIpc) is 3.42. The van der Waals surface area contributed by atoms with E-state index in [-0.39, 0.29) is 31.0 Å². The summed E-state index contributed by atoms with van der Waals surface area (Å²) in [4.78, 5) is 16.9. The van der Waals surface area contributed by atoms with Gasteiger partial charge in [-0.2, -0.15) is 4.31 Å². The summed E-state index contributed by atoms with van der Waals surface area (Å²) in [5, 5.41) is 0. The average molecular weight is 442 g/mol. The number of hydrogen-bond acceptors (Lipinski definition) is 4. The van der Waals surface area contributed by atoms with Crippen molar-refractivity contribution in [3.63, 3.8) is 0 Å². The predicted octanol–water partition coefficient (Wildman–Crippen LogP) is 2.45. The summed E-state index contributed by atoms with van der Waals surface area (Å²) < 4.78 is 54.1. The fourth-order valence-electron chi connectivity index (χ4n) is 4.97. The number of rotatable bonds is 5. The molecule has 0 saturated carbocycles. The van der Waals surface area contributed by atoms with Crippen LogP contribution in [0.1, 0.15) is 38.5 Å². The van der Waals surface area contributed by atoms with Gasteiger partial charge in [-0.1, -0.05) is 0 Å². The molecule has 3 fully saturated rings. The van der Waals surface area contributed by atoms with E-state index in [2.05, 4.69) is 4.90 Å². The molecule has 1 aromatic rings. The van der Waals surface area contributed by atoms with E-state index in [1.54, 1.807) is 0 Å². The molecule has 3 aliphatic heterocycles. The van der Waals surface area contributed by atoms with Gasteiger partial charge in [0, 0.05) is 38.1 Å². The van der Waals surface area contributed by atoms with E-state index < -0.39 is 26.6 Å². The van der Waals surface area contributed by atoms with E-state index in [0.717, 1.165) is 57.2 Å². The van der Waals surface area contributed by atoms with Gasteiger partial charge in [0.25, 0.3) is 0 Å². The molecular weight excluding hydrogens is 412 g/mol. The summed E-state index contributed by atoms with van der Waals surface area (Å²) in [5.74, 6) is -1.85. The molecule has 3 aliphatic rings. The number of sulfonamides is 1. The van der Waals surface area contributed by atoms with E-state index in [0.29, 0.717) is 12.8 Å². The zero-order valence-corrected chi connectivity index (χ0v) is 17.9. The lowest BCUT2D eigenvalue weighted by Gasteiger charge is -2.35. The first kappa shape index (κ1) is 21.6. The smallest absolute Gasteiger partial charge is 0.246 e. The van der Waals surface area contributed by atoms with Crippen LogP contribution in [0, 0.1) is 17.6 Å². The van der Waals surface area contributed by atoms with Crippen LogP contribution in [0.15, 0.2) is 23.1 Å². The maximum Gasteiger partial charge on any atom is 0.246 e. The van der Waals surface area contributed by atoms with Crippen LogP contribution >= 0.6 is 0 Å². The Kier molecular flexibility index (Phi) is 6.41. The zero-order chi connectivity index (χ0) is 21.3. The summed E-state index contributed by atoms with van der Waals surface area (Å²) in [6.45, 7) is 4.18. The largest absolute Gasteiger partial charge is 0.338 e. The summed E-state index contributed by atoms with van der Waals surface area (Å²) in [6.07, 6.45) is 5.29. The van der Waals surface area contributed by atoms with Crippen molar-refractivity contribution in [2.75, 3.05) is 39.3 Å². The van der Waals surface area contributed by atoms with E-state index in [1.165, 1.54) is 17.1 Å². The van der Waals surface area contributed by atoms with Gasteiger partial charge >= 0.3 is 0 Å². The molecule has 0 aliphatic carbocycles. The van der Waals surface area contributed by atoms with Gasteiger partial charge in [-0.3, -0.25) is 4.79 Å². The summed E-state index contributed by atoms with van der Waals surface area (Å²) >= 11 is 0. The van der Waals surface area contributed by atoms with E-state index in [4.69, 9.17) is 0 Å². The lowest BCUT2D eigenvalue weighted by Crippen LogP contribution is -2.48. The van der Waals surface area contributed by atoms with E-state index >= 15 is 0 Å². The molecule has 0 bridgehead atoms. The number of carbonyl (C=O) groups is 1. The van der Waals surface area contributed by atoms with Crippen LogP contribution < -0.4 is 0 Å². The van der Waals surface area contributed by atoms with Gasteiger partial charge in [-0.25, -0.2) is 17.2 Å². The molecule has 0 spiro atoms. The summed E-state index contributed by atoms with van der Waals surface area (Å²) in [5.41, 5.74) is 0. The van der Waals surface area contributed by atoms with Crippen molar-refractivity contribution < 1.29 is 22.0 Å². The van der Waals surface area contributed by atoms with Crippen LogP contribution in [-0.2, 0) is 14.8 Å². The van der Waals surface area contributed by atoms with Crippen molar-refractivity contribution in [1.29, 1.82) is 0 Å². The molecule has 9 heteroatoms. The van der Waals surface area contributed by atoms with Crippen molar-refractivity contribution in [3.05, 3.63) is 29.8 Å². The molecule has 166 valence electrons. The van der Waals surface area contributed by atoms with Crippen LogP contribution in [0.5, 0.6) is 0 Å². The van der Waals surface area contributed by atoms with Crippen LogP contribution in [-0.4, -0.2) is 73.7 Å². The second kappa shape index (κ2) is 8.88. The second-order valence-electron chi connectivity index (χ2n) is 8.59. The highest BCUT2D eigenvalue weighted by Crippen LogP contribution is 2.29. The number of amides is 1. The number of hydrogen-bond donors (Lipinski definition) is 0. The number of carbonyl (C=O) groups excluding carboxylic acids is 1. The van der Waals surface area contributed by atoms with Gasteiger partial charge in [-0.15, -0.1) is 0 Å². The Labute approximate surface area is 176 Å². The van der Waals surface area contributed by atoms with E-state index in [1.807, 2.05) is 4.90 Å². The SMILES string of the molecule is O=C(C1CCN(S(=O)(=O)c2cc(F)ccc2F)CC1)N1CCCC1CN1CCCC1. The van der Waals surface area contributed by atoms with Crippen molar-refractivity contribution in [2.24, 2.45) is 5.92 Å². The Hall–Kier alpha value is -1.58. The minimum absolute atomic E-state index is 0.116. The lowest BCUT2D eigenvalue weighted by molar-refractivity contribution is -0.137. The standard InChI is InChI=1S/C21H29F2N3O3S/c22-17-5-6-19(23)20(14-17)30(28,29)25-12-7-16(8-13-25)21(27)26-11-3-4-18(26)15-24-9-1-2-10-24/h5-6,14,16,18H,1-4,7-13,15H2. The molecule has 3 saturated heterocycles. The minimum Gasteiger partial charge on any atom is -0.338 e. The van der Waals surface area contributed by atoms with Crippen molar-refractivity contribution in [2.45, 2.75) is 49.5 Å². The highest BCUT2D eigenvalue weighted by molar-refractivity contribution is 7.89. The molecule has 0 N–H and O–H groups in total. The first-order chi connectivity index (χ1) is 14.4. The Morgan fingerprint density at radius 3 is 2.37 bits per heavy atom.